The van der Waals surface area contributed by atoms with Crippen LogP contribution in [0.4, 0.5) is 0 Å². The Morgan fingerprint density at radius 3 is 0.974 bits per heavy atom. The lowest BCUT2D eigenvalue weighted by Crippen LogP contribution is -2.33. The normalized spacial score (nSPS) is 21.8. The highest BCUT2D eigenvalue weighted by molar-refractivity contribution is 7.75. The van der Waals surface area contributed by atoms with E-state index in [4.69, 9.17) is 0 Å². The second-order valence-corrected chi connectivity index (χ2v) is 19.2. The molecule has 4 fully saturated rings. The van der Waals surface area contributed by atoms with Crippen molar-refractivity contribution in [2.45, 2.75) is 125 Å². The van der Waals surface area contributed by atoms with Crippen LogP contribution in [0.15, 0.2) is 60.7 Å². The Labute approximate surface area is 243 Å². The summed E-state index contributed by atoms with van der Waals surface area (Å²) in [6, 6.07) is 23.4. The third-order valence-electron chi connectivity index (χ3n) is 10.3. The Kier molecular flexibility index (Phi) is 8.59. The molecule has 1 aromatic heterocycles. The molecule has 0 saturated heterocycles. The Balaban J connectivity index is 1.50. The van der Waals surface area contributed by atoms with Gasteiger partial charge in [0.2, 0.25) is 0 Å². The zero-order valence-electron chi connectivity index (χ0n) is 23.7. The molecule has 0 nitrogen and oxygen atoms in total. The van der Waals surface area contributed by atoms with Crippen LogP contribution in [0, 0.1) is 0 Å². The third-order valence-corrected chi connectivity index (χ3v) is 19.2. The summed E-state index contributed by atoms with van der Waals surface area (Å²) >= 11 is 2.22. The van der Waals surface area contributed by atoms with Crippen molar-refractivity contribution in [3.05, 3.63) is 60.7 Å². The third kappa shape index (κ3) is 5.47. The van der Waals surface area contributed by atoms with Gasteiger partial charge in [0.1, 0.15) is 0 Å². The van der Waals surface area contributed by atoms with Crippen LogP contribution in [0.25, 0.3) is 20.9 Å². The molecule has 1 heterocycles. The van der Waals surface area contributed by atoms with E-state index in [-0.39, 0.29) is 15.8 Å². The average molecular weight is 573 g/mol. The van der Waals surface area contributed by atoms with Gasteiger partial charge in [-0.05, 0) is 85.1 Å². The lowest BCUT2D eigenvalue weighted by atomic mass is 10.1. The van der Waals surface area contributed by atoms with Gasteiger partial charge in [0.15, 0.2) is 0 Å². The van der Waals surface area contributed by atoms with Crippen LogP contribution in [0.5, 0.6) is 0 Å². The van der Waals surface area contributed by atoms with Gasteiger partial charge < -0.3 is 0 Å². The monoisotopic (exact) mass is 572 g/mol. The summed E-state index contributed by atoms with van der Waals surface area (Å²) in [6.45, 7) is 0. The maximum atomic E-state index is 2.44. The van der Waals surface area contributed by atoms with Crippen LogP contribution in [-0.4, -0.2) is 22.6 Å². The van der Waals surface area contributed by atoms with E-state index >= 15 is 0 Å². The van der Waals surface area contributed by atoms with Crippen molar-refractivity contribution in [2.75, 3.05) is 0 Å². The van der Waals surface area contributed by atoms with E-state index in [0.29, 0.717) is 0 Å². The number of hydrogen-bond acceptors (Lipinski definition) is 1. The van der Waals surface area contributed by atoms with E-state index < -0.39 is 0 Å². The fourth-order valence-electron chi connectivity index (χ4n) is 8.52. The second-order valence-electron chi connectivity index (χ2n) is 12.8. The summed E-state index contributed by atoms with van der Waals surface area (Å²) in [5.41, 5.74) is 6.88. The summed E-state index contributed by atoms with van der Waals surface area (Å²) in [6.07, 6.45) is 23.8. The summed E-state index contributed by atoms with van der Waals surface area (Å²) < 4.78 is 0. The molecule has 206 valence electrons. The molecular formula is C36H46P2S. The van der Waals surface area contributed by atoms with Gasteiger partial charge in [0.05, 0.1) is 0 Å². The van der Waals surface area contributed by atoms with E-state index in [2.05, 4.69) is 72.0 Å². The van der Waals surface area contributed by atoms with Crippen LogP contribution < -0.4 is 10.6 Å². The molecule has 0 amide bonds. The lowest BCUT2D eigenvalue weighted by molar-refractivity contribution is 0.833. The van der Waals surface area contributed by atoms with Crippen molar-refractivity contribution in [1.82, 2.24) is 0 Å². The maximum absolute atomic E-state index is 2.44. The summed E-state index contributed by atoms with van der Waals surface area (Å²) in [5, 5.41) is 3.92. The summed E-state index contributed by atoms with van der Waals surface area (Å²) in [5.74, 6) is 0. The first kappa shape index (κ1) is 26.9. The van der Waals surface area contributed by atoms with E-state index in [0.717, 1.165) is 22.6 Å². The Bertz CT molecular complexity index is 1070. The Hall–Kier alpha value is -1.00. The molecule has 3 heteroatoms. The molecule has 0 N–H and O–H groups in total. The Morgan fingerprint density at radius 1 is 0.410 bits per heavy atom. The van der Waals surface area contributed by atoms with Gasteiger partial charge in [0, 0.05) is 20.4 Å². The van der Waals surface area contributed by atoms with Gasteiger partial charge in [-0.2, -0.15) is 0 Å². The molecule has 2 aromatic carbocycles. The van der Waals surface area contributed by atoms with Gasteiger partial charge in [0.25, 0.3) is 0 Å². The molecule has 4 aliphatic rings. The van der Waals surface area contributed by atoms with Gasteiger partial charge in [-0.1, -0.05) is 128 Å². The van der Waals surface area contributed by atoms with Crippen molar-refractivity contribution in [3.63, 3.8) is 0 Å². The zero-order chi connectivity index (χ0) is 26.0. The zero-order valence-corrected chi connectivity index (χ0v) is 26.3. The molecule has 0 spiro atoms. The van der Waals surface area contributed by atoms with Crippen molar-refractivity contribution >= 4 is 37.8 Å². The number of benzene rings is 2. The molecule has 7 rings (SSSR count). The second kappa shape index (κ2) is 12.5. The minimum atomic E-state index is -0.127. The van der Waals surface area contributed by atoms with Crippen LogP contribution in [0.2, 0.25) is 0 Å². The van der Waals surface area contributed by atoms with Gasteiger partial charge in [-0.15, -0.1) is 11.3 Å². The molecule has 0 atom stereocenters. The summed E-state index contributed by atoms with van der Waals surface area (Å²) in [4.78, 5) is 3.38. The molecule has 39 heavy (non-hydrogen) atoms. The van der Waals surface area contributed by atoms with E-state index in [1.165, 1.54) is 114 Å². The fraction of sp³-hybridized carbons (Fsp3) is 0.556. The molecule has 4 saturated carbocycles. The molecular weight excluding hydrogens is 526 g/mol. The van der Waals surface area contributed by atoms with Crippen molar-refractivity contribution < 1.29 is 0 Å². The largest absolute Gasteiger partial charge is 0.134 e. The van der Waals surface area contributed by atoms with Gasteiger partial charge in [-0.3, -0.25) is 0 Å². The average Bonchev–Trinajstić information content (AvgIpc) is 3.82. The number of rotatable bonds is 8. The Morgan fingerprint density at radius 2 is 0.692 bits per heavy atom. The highest BCUT2D eigenvalue weighted by Gasteiger charge is 2.43. The smallest absolute Gasteiger partial charge is 0.0433 e. The molecule has 0 aliphatic heterocycles. The molecule has 4 aliphatic carbocycles. The SMILES string of the molecule is c1ccc(-c2sc(-c3ccccc3)c(P(C3CCCC3)C3CCCC3)c2P(C2CCCC2)C2CCCC2)cc1. The van der Waals surface area contributed by atoms with E-state index in [1.807, 2.05) is 10.6 Å². The van der Waals surface area contributed by atoms with Crippen LogP contribution in [-0.2, 0) is 0 Å². The first-order chi connectivity index (χ1) is 19.4. The minimum absolute atomic E-state index is 0.127. The highest BCUT2D eigenvalue weighted by Crippen LogP contribution is 2.64. The van der Waals surface area contributed by atoms with Crippen molar-refractivity contribution in [1.29, 1.82) is 0 Å². The molecule has 0 radical (unpaired) electrons. The molecule has 3 aromatic rings. The quantitative estimate of drug-likeness (QED) is 0.236. The van der Waals surface area contributed by atoms with Crippen molar-refractivity contribution in [3.8, 4) is 20.9 Å². The van der Waals surface area contributed by atoms with Crippen molar-refractivity contribution in [2.24, 2.45) is 0 Å². The van der Waals surface area contributed by atoms with Crippen LogP contribution in [0.3, 0.4) is 0 Å². The standard InChI is InChI=1S/C36H46P2S/c1-3-15-27(16-4-1)35-33(37(29-19-7-8-20-29)30-21-9-10-22-30)34(36(39-35)28-17-5-2-6-18-28)38(31-23-11-12-24-31)32-25-13-14-26-32/h1-6,15-18,29-32H,7-14,19-26H2. The van der Waals surface area contributed by atoms with Crippen LogP contribution >= 0.6 is 27.2 Å². The first-order valence-electron chi connectivity index (χ1n) is 16.2. The van der Waals surface area contributed by atoms with Gasteiger partial charge >= 0.3 is 0 Å². The van der Waals surface area contributed by atoms with Gasteiger partial charge in [-0.25, -0.2) is 0 Å². The predicted octanol–water partition coefficient (Wildman–Crippen LogP) is 11.1. The maximum Gasteiger partial charge on any atom is 0.0433 e. The molecule has 0 unspecified atom stereocenters. The summed E-state index contributed by atoms with van der Waals surface area (Å²) in [7, 11) is -0.255. The number of hydrogen-bond donors (Lipinski definition) is 0. The topological polar surface area (TPSA) is 0 Å². The van der Waals surface area contributed by atoms with E-state index in [9.17, 15) is 0 Å². The van der Waals surface area contributed by atoms with Crippen LogP contribution in [0.1, 0.15) is 103 Å². The van der Waals surface area contributed by atoms with E-state index in [1.54, 1.807) is 9.75 Å². The predicted molar refractivity (Wildman–Crippen MR) is 177 cm³/mol. The minimum Gasteiger partial charge on any atom is -0.134 e. The number of thiophene rings is 1. The lowest BCUT2D eigenvalue weighted by Gasteiger charge is -2.37. The first-order valence-corrected chi connectivity index (χ1v) is 20.0. The highest BCUT2D eigenvalue weighted by atomic mass is 32.1. The molecule has 0 bridgehead atoms. The fourth-order valence-corrected chi connectivity index (χ4v) is 19.2.